The van der Waals surface area contributed by atoms with Gasteiger partial charge in [-0.05, 0) is 37.5 Å². The molecule has 2 aromatic carbocycles. The van der Waals surface area contributed by atoms with Crippen LogP contribution in [0.4, 0.5) is 10.1 Å². The number of nitro benzene ring substituents is 1. The van der Waals surface area contributed by atoms with Crippen molar-refractivity contribution in [3.05, 3.63) is 64.0 Å². The Bertz CT molecular complexity index is 788. The third-order valence-electron chi connectivity index (χ3n) is 3.77. The molecule has 1 saturated carbocycles. The summed E-state index contributed by atoms with van der Waals surface area (Å²) in [6, 6.07) is 9.18. The van der Waals surface area contributed by atoms with Gasteiger partial charge >= 0.3 is 11.7 Å². The zero-order chi connectivity index (χ0) is 17.1. The van der Waals surface area contributed by atoms with E-state index in [1.165, 1.54) is 6.07 Å². The second kappa shape index (κ2) is 6.66. The van der Waals surface area contributed by atoms with Gasteiger partial charge in [-0.25, -0.2) is 9.18 Å². The van der Waals surface area contributed by atoms with E-state index in [4.69, 9.17) is 9.47 Å². The molecule has 0 N–H and O–H groups in total. The number of nitro groups is 1. The van der Waals surface area contributed by atoms with E-state index in [0.717, 1.165) is 37.5 Å². The Balaban J connectivity index is 1.85. The van der Waals surface area contributed by atoms with Crippen molar-refractivity contribution in [1.82, 2.24) is 0 Å². The molecule has 0 amide bonds. The lowest BCUT2D eigenvalue weighted by Gasteiger charge is -2.27. The number of hydrogen-bond acceptors (Lipinski definition) is 5. The summed E-state index contributed by atoms with van der Waals surface area (Å²) in [5, 5.41) is 11.0. The van der Waals surface area contributed by atoms with Crippen LogP contribution in [0, 0.1) is 15.9 Å². The zero-order valence-electron chi connectivity index (χ0n) is 12.6. The van der Waals surface area contributed by atoms with Crippen molar-refractivity contribution in [3.63, 3.8) is 0 Å². The summed E-state index contributed by atoms with van der Waals surface area (Å²) >= 11 is 0. The molecule has 0 heterocycles. The number of hydrogen-bond donors (Lipinski definition) is 0. The predicted octanol–water partition coefficient (Wildman–Crippen LogP) is 3.88. The van der Waals surface area contributed by atoms with E-state index in [0.29, 0.717) is 5.75 Å². The first-order chi connectivity index (χ1) is 11.5. The number of esters is 1. The van der Waals surface area contributed by atoms with Crippen LogP contribution in [-0.2, 0) is 0 Å². The molecule has 0 radical (unpaired) electrons. The Labute approximate surface area is 137 Å². The highest BCUT2D eigenvalue weighted by Gasteiger charge is 2.24. The van der Waals surface area contributed by atoms with E-state index in [-0.39, 0.29) is 11.7 Å². The lowest BCUT2D eigenvalue weighted by atomic mass is 9.96. The number of ether oxygens (including phenoxy) is 2. The maximum absolute atomic E-state index is 13.3. The fourth-order valence-corrected chi connectivity index (χ4v) is 2.28. The van der Waals surface area contributed by atoms with Crippen molar-refractivity contribution in [2.75, 3.05) is 0 Å². The number of carbonyl (C=O) groups is 1. The largest absolute Gasteiger partial charge is 0.490 e. The molecule has 7 heteroatoms. The van der Waals surface area contributed by atoms with E-state index < -0.39 is 28.1 Å². The van der Waals surface area contributed by atoms with E-state index in [2.05, 4.69) is 0 Å². The number of rotatable bonds is 5. The Hall–Kier alpha value is -2.96. The van der Waals surface area contributed by atoms with Gasteiger partial charge in [-0.1, -0.05) is 12.1 Å². The molecule has 0 aliphatic heterocycles. The number of halogens is 1. The zero-order valence-corrected chi connectivity index (χ0v) is 12.6. The van der Waals surface area contributed by atoms with Crippen LogP contribution in [0.5, 0.6) is 11.5 Å². The molecule has 0 spiro atoms. The maximum atomic E-state index is 13.3. The lowest BCUT2D eigenvalue weighted by molar-refractivity contribution is -0.385. The van der Waals surface area contributed by atoms with E-state index >= 15 is 0 Å². The molecule has 0 unspecified atom stereocenters. The molecule has 0 bridgehead atoms. The molecule has 24 heavy (non-hydrogen) atoms. The first-order valence-electron chi connectivity index (χ1n) is 7.46. The fourth-order valence-electron chi connectivity index (χ4n) is 2.28. The number of benzene rings is 2. The monoisotopic (exact) mass is 331 g/mol. The van der Waals surface area contributed by atoms with Gasteiger partial charge < -0.3 is 9.47 Å². The molecule has 1 fully saturated rings. The van der Waals surface area contributed by atoms with Crippen LogP contribution >= 0.6 is 0 Å². The van der Waals surface area contributed by atoms with Crippen molar-refractivity contribution in [2.45, 2.75) is 25.4 Å². The molecule has 0 atom stereocenters. The first kappa shape index (κ1) is 15.9. The smallest absolute Gasteiger partial charge is 0.347 e. The topological polar surface area (TPSA) is 78.7 Å². The van der Waals surface area contributed by atoms with Gasteiger partial charge in [0.25, 0.3) is 0 Å². The number of nitrogens with zero attached hydrogens (tertiary/aromatic N) is 1. The Kier molecular flexibility index (Phi) is 4.41. The van der Waals surface area contributed by atoms with Crippen molar-refractivity contribution in [2.24, 2.45) is 0 Å². The summed E-state index contributed by atoms with van der Waals surface area (Å²) in [6.07, 6.45) is 2.96. The van der Waals surface area contributed by atoms with Crippen molar-refractivity contribution >= 4 is 11.7 Å². The van der Waals surface area contributed by atoms with Crippen LogP contribution in [-0.4, -0.2) is 17.0 Å². The van der Waals surface area contributed by atoms with Crippen LogP contribution in [0.1, 0.15) is 29.6 Å². The molecule has 1 aliphatic carbocycles. The van der Waals surface area contributed by atoms with E-state index in [1.807, 2.05) is 0 Å². The third-order valence-corrected chi connectivity index (χ3v) is 3.77. The highest BCUT2D eigenvalue weighted by atomic mass is 19.1. The van der Waals surface area contributed by atoms with Gasteiger partial charge in [-0.3, -0.25) is 10.1 Å². The molecule has 0 aromatic heterocycles. The van der Waals surface area contributed by atoms with Crippen LogP contribution in [0.15, 0.2) is 42.5 Å². The molecule has 124 valence electrons. The van der Waals surface area contributed by atoms with Crippen molar-refractivity contribution in [3.8, 4) is 11.5 Å². The first-order valence-corrected chi connectivity index (χ1v) is 7.46. The van der Waals surface area contributed by atoms with E-state index in [1.54, 1.807) is 18.2 Å². The quantitative estimate of drug-likeness (QED) is 0.359. The van der Waals surface area contributed by atoms with Gasteiger partial charge in [0.1, 0.15) is 17.1 Å². The van der Waals surface area contributed by atoms with Gasteiger partial charge in [0.2, 0.25) is 5.75 Å². The second-order valence-corrected chi connectivity index (χ2v) is 5.43. The fraction of sp³-hybridized carbons (Fsp3) is 0.235. The van der Waals surface area contributed by atoms with Crippen LogP contribution in [0.2, 0.25) is 0 Å². The standard InChI is InChI=1S/C17H14FNO5/c18-11-8-9-14(19(21)22)16(10-11)24-17(20)13-6-1-2-7-15(13)23-12-4-3-5-12/h1-2,6-10,12H,3-5H2. The minimum absolute atomic E-state index is 0.0578. The Morgan fingerprint density at radius 3 is 2.58 bits per heavy atom. The third kappa shape index (κ3) is 3.34. The van der Waals surface area contributed by atoms with Crippen LogP contribution < -0.4 is 9.47 Å². The molecular weight excluding hydrogens is 317 g/mol. The van der Waals surface area contributed by atoms with Crippen LogP contribution in [0.25, 0.3) is 0 Å². The van der Waals surface area contributed by atoms with Crippen molar-refractivity contribution < 1.29 is 23.6 Å². The molecule has 6 nitrogen and oxygen atoms in total. The summed E-state index contributed by atoms with van der Waals surface area (Å²) < 4.78 is 24.1. The van der Waals surface area contributed by atoms with Gasteiger partial charge in [-0.15, -0.1) is 0 Å². The van der Waals surface area contributed by atoms with Gasteiger partial charge in [0.05, 0.1) is 11.0 Å². The molecule has 0 saturated heterocycles. The molecule has 3 rings (SSSR count). The SMILES string of the molecule is O=C(Oc1cc(F)ccc1[N+](=O)[O-])c1ccccc1OC1CCC1. The number of para-hydroxylation sites is 1. The molecule has 2 aromatic rings. The summed E-state index contributed by atoms with van der Waals surface area (Å²) in [6.45, 7) is 0. The molecule has 1 aliphatic rings. The van der Waals surface area contributed by atoms with Gasteiger partial charge in [0, 0.05) is 12.1 Å². The van der Waals surface area contributed by atoms with Gasteiger partial charge in [0.15, 0.2) is 0 Å². The lowest BCUT2D eigenvalue weighted by Crippen LogP contribution is -2.25. The normalized spacial score (nSPS) is 13.9. The Morgan fingerprint density at radius 1 is 1.17 bits per heavy atom. The highest BCUT2D eigenvalue weighted by Crippen LogP contribution is 2.31. The summed E-state index contributed by atoms with van der Waals surface area (Å²) in [5.41, 5.74) is -0.342. The second-order valence-electron chi connectivity index (χ2n) is 5.43. The van der Waals surface area contributed by atoms with Crippen molar-refractivity contribution in [1.29, 1.82) is 0 Å². The predicted molar refractivity (Wildman–Crippen MR) is 82.7 cm³/mol. The van der Waals surface area contributed by atoms with Crippen LogP contribution in [0.3, 0.4) is 0 Å². The minimum Gasteiger partial charge on any atom is -0.490 e. The highest BCUT2D eigenvalue weighted by molar-refractivity contribution is 5.94. The summed E-state index contributed by atoms with van der Waals surface area (Å²) in [4.78, 5) is 22.6. The Morgan fingerprint density at radius 2 is 1.92 bits per heavy atom. The minimum atomic E-state index is -0.835. The summed E-state index contributed by atoms with van der Waals surface area (Å²) in [5.74, 6) is -1.66. The molecular formula is C17H14FNO5. The number of carbonyl (C=O) groups excluding carboxylic acids is 1. The average Bonchev–Trinajstić information content (AvgIpc) is 2.51. The average molecular weight is 331 g/mol. The van der Waals surface area contributed by atoms with E-state index in [9.17, 15) is 19.3 Å². The van der Waals surface area contributed by atoms with Gasteiger partial charge in [-0.2, -0.15) is 0 Å². The summed E-state index contributed by atoms with van der Waals surface area (Å²) in [7, 11) is 0. The maximum Gasteiger partial charge on any atom is 0.347 e.